The van der Waals surface area contributed by atoms with E-state index in [0.29, 0.717) is 57.0 Å². The van der Waals surface area contributed by atoms with E-state index in [9.17, 15) is 9.18 Å². The van der Waals surface area contributed by atoms with Crippen LogP contribution in [0.4, 0.5) is 21.6 Å². The fourth-order valence-electron chi connectivity index (χ4n) is 7.68. The van der Waals surface area contributed by atoms with E-state index in [2.05, 4.69) is 32.5 Å². The number of ether oxygens (including phenoxy) is 2. The van der Waals surface area contributed by atoms with Gasteiger partial charge < -0.3 is 25.0 Å². The summed E-state index contributed by atoms with van der Waals surface area (Å²) >= 11 is 6.01. The molecule has 4 fully saturated rings. The van der Waals surface area contributed by atoms with E-state index >= 15 is 0 Å². The zero-order valence-corrected chi connectivity index (χ0v) is 25.8. The lowest BCUT2D eigenvalue weighted by Crippen LogP contribution is -2.50. The molecule has 2 aliphatic heterocycles. The van der Waals surface area contributed by atoms with Crippen LogP contribution in [0, 0.1) is 29.0 Å². The van der Waals surface area contributed by atoms with E-state index in [0.717, 1.165) is 45.6 Å². The zero-order valence-electron chi connectivity index (χ0n) is 25.0. The normalized spacial score (nSPS) is 24.9. The summed E-state index contributed by atoms with van der Waals surface area (Å²) < 4.78 is 26.1. The van der Waals surface area contributed by atoms with Crippen LogP contribution in [0.25, 0.3) is 10.9 Å². The third-order valence-electron chi connectivity index (χ3n) is 10.3. The first-order valence-electron chi connectivity index (χ1n) is 15.8. The number of likely N-dealkylation sites (tertiary alicyclic amines) is 1. The van der Waals surface area contributed by atoms with Gasteiger partial charge in [0.25, 0.3) is 0 Å². The van der Waals surface area contributed by atoms with Crippen LogP contribution >= 0.6 is 11.6 Å². The monoisotopic (exact) mass is 619 g/mol. The second kappa shape index (κ2) is 12.3. The summed E-state index contributed by atoms with van der Waals surface area (Å²) in [6.07, 6.45) is 12.9. The van der Waals surface area contributed by atoms with Gasteiger partial charge in [0.1, 0.15) is 23.7 Å². The molecule has 2 saturated carbocycles. The van der Waals surface area contributed by atoms with Gasteiger partial charge in [-0.15, -0.1) is 0 Å². The molecule has 44 heavy (non-hydrogen) atoms. The molecule has 1 amide bonds. The number of hydrogen-bond donors (Lipinski definition) is 2. The first-order valence-corrected chi connectivity index (χ1v) is 16.1. The lowest BCUT2D eigenvalue weighted by Gasteiger charge is -2.51. The molecule has 8 nitrogen and oxygen atoms in total. The third-order valence-corrected chi connectivity index (χ3v) is 10.6. The summed E-state index contributed by atoms with van der Waals surface area (Å²) in [7, 11) is 2.18. The molecule has 0 radical (unpaired) electrons. The largest absolute Gasteiger partial charge is 0.488 e. The average molecular weight is 620 g/mol. The summed E-state index contributed by atoms with van der Waals surface area (Å²) in [5.74, 6) is 2.20. The van der Waals surface area contributed by atoms with Crippen LogP contribution in [0.15, 0.2) is 48.8 Å². The number of carbonyl (C=O) groups is 1. The van der Waals surface area contributed by atoms with E-state index in [4.69, 9.17) is 21.1 Å². The van der Waals surface area contributed by atoms with Gasteiger partial charge in [-0.1, -0.05) is 17.7 Å². The predicted molar refractivity (Wildman–Crippen MR) is 170 cm³/mol. The number of fused-ring (bicyclic) bond motifs is 3. The van der Waals surface area contributed by atoms with E-state index in [1.807, 2.05) is 18.2 Å². The van der Waals surface area contributed by atoms with Gasteiger partial charge in [-0.2, -0.15) is 0 Å². The number of amides is 1. The maximum atomic E-state index is 13.8. The molecule has 2 saturated heterocycles. The number of benzene rings is 2. The van der Waals surface area contributed by atoms with Crippen molar-refractivity contribution in [2.75, 3.05) is 44.0 Å². The SMILES string of the molecule is CN1CCC2(CC1)CC(Oc1cc3ncnc(Nc4ccc(F)c(Cl)c4)c3cc1NC(=O)/C=C/CC1C3CCC1COC3)C2. The van der Waals surface area contributed by atoms with Gasteiger partial charge in [0, 0.05) is 30.4 Å². The number of allylic oxidation sites excluding steroid dienone is 1. The highest BCUT2D eigenvalue weighted by molar-refractivity contribution is 6.31. The Hall–Kier alpha value is -3.27. The molecule has 3 aromatic rings. The molecule has 1 aromatic heterocycles. The van der Waals surface area contributed by atoms with Gasteiger partial charge in [0.2, 0.25) is 5.91 Å². The molecule has 3 heterocycles. The minimum atomic E-state index is -0.493. The summed E-state index contributed by atoms with van der Waals surface area (Å²) in [6.45, 7) is 3.91. The number of rotatable bonds is 8. The number of carbonyl (C=O) groups excluding carboxylic acids is 1. The quantitative estimate of drug-likeness (QED) is 0.263. The van der Waals surface area contributed by atoms with Crippen LogP contribution in [0.3, 0.4) is 0 Å². The summed E-state index contributed by atoms with van der Waals surface area (Å²) in [5.41, 5.74) is 2.18. The Morgan fingerprint density at radius 1 is 1.16 bits per heavy atom. The fourth-order valence-corrected chi connectivity index (χ4v) is 7.86. The second-order valence-electron chi connectivity index (χ2n) is 13.2. The van der Waals surface area contributed by atoms with E-state index in [-0.39, 0.29) is 17.0 Å². The van der Waals surface area contributed by atoms with Gasteiger partial charge in [0.15, 0.2) is 0 Å². The van der Waals surface area contributed by atoms with Crippen LogP contribution < -0.4 is 15.4 Å². The number of aromatic nitrogens is 2. The molecule has 10 heteroatoms. The highest BCUT2D eigenvalue weighted by Gasteiger charge is 2.47. The first-order chi connectivity index (χ1) is 21.3. The van der Waals surface area contributed by atoms with Crippen LogP contribution in [-0.2, 0) is 9.53 Å². The number of halogens is 2. The Morgan fingerprint density at radius 3 is 2.68 bits per heavy atom. The van der Waals surface area contributed by atoms with Crippen molar-refractivity contribution in [2.24, 2.45) is 23.2 Å². The van der Waals surface area contributed by atoms with Gasteiger partial charge in [-0.3, -0.25) is 4.79 Å². The van der Waals surface area contributed by atoms with Crippen molar-refractivity contribution in [1.82, 2.24) is 14.9 Å². The lowest BCUT2D eigenvalue weighted by atomic mass is 9.61. The Bertz CT molecular complexity index is 1550. The molecular weight excluding hydrogens is 581 g/mol. The summed E-state index contributed by atoms with van der Waals surface area (Å²) in [6, 6.07) is 8.14. The first kappa shape index (κ1) is 29.4. The third kappa shape index (κ3) is 6.14. The van der Waals surface area contributed by atoms with E-state index in [1.165, 1.54) is 44.1 Å². The van der Waals surface area contributed by atoms with Crippen molar-refractivity contribution in [3.8, 4) is 5.75 Å². The van der Waals surface area contributed by atoms with Crippen LogP contribution in [-0.4, -0.2) is 60.2 Å². The van der Waals surface area contributed by atoms with Crippen molar-refractivity contribution in [2.45, 2.75) is 51.0 Å². The van der Waals surface area contributed by atoms with Crippen molar-refractivity contribution in [3.63, 3.8) is 0 Å². The Morgan fingerprint density at radius 2 is 1.93 bits per heavy atom. The Kier molecular flexibility index (Phi) is 8.20. The topological polar surface area (TPSA) is 88.6 Å². The van der Waals surface area contributed by atoms with Crippen LogP contribution in [0.2, 0.25) is 5.02 Å². The van der Waals surface area contributed by atoms with Crippen molar-refractivity contribution >= 4 is 45.6 Å². The lowest BCUT2D eigenvalue weighted by molar-refractivity contribution is -0.112. The van der Waals surface area contributed by atoms with Crippen molar-refractivity contribution < 1.29 is 18.7 Å². The van der Waals surface area contributed by atoms with Crippen LogP contribution in [0.1, 0.15) is 44.9 Å². The molecule has 4 aliphatic rings. The fraction of sp³-hybridized carbons (Fsp3) is 0.500. The number of piperidine rings is 1. The molecule has 2 aliphatic carbocycles. The molecule has 2 N–H and O–H groups in total. The predicted octanol–water partition coefficient (Wildman–Crippen LogP) is 6.98. The Labute approximate surface area is 262 Å². The molecule has 232 valence electrons. The molecular formula is C34H39ClFN5O3. The summed E-state index contributed by atoms with van der Waals surface area (Å²) in [4.78, 5) is 24.6. The van der Waals surface area contributed by atoms with Gasteiger partial charge in [0.05, 0.1) is 22.3 Å². The molecule has 7 rings (SSSR count). The molecule has 2 bridgehead atoms. The maximum Gasteiger partial charge on any atom is 0.248 e. The smallest absolute Gasteiger partial charge is 0.248 e. The number of hydrogen-bond acceptors (Lipinski definition) is 7. The Balaban J connectivity index is 1.12. The molecule has 2 atom stereocenters. The van der Waals surface area contributed by atoms with Crippen LogP contribution in [0.5, 0.6) is 5.75 Å². The number of nitrogens with one attached hydrogen (secondary N) is 2. The van der Waals surface area contributed by atoms with Gasteiger partial charge in [-0.25, -0.2) is 14.4 Å². The van der Waals surface area contributed by atoms with Gasteiger partial charge >= 0.3 is 0 Å². The number of anilines is 3. The molecule has 1 spiro atoms. The molecule has 2 aromatic carbocycles. The average Bonchev–Trinajstić information content (AvgIpc) is 3.20. The zero-order chi connectivity index (χ0) is 30.3. The second-order valence-corrected chi connectivity index (χ2v) is 13.6. The van der Waals surface area contributed by atoms with Gasteiger partial charge in [-0.05, 0) is 119 Å². The minimum Gasteiger partial charge on any atom is -0.488 e. The van der Waals surface area contributed by atoms with Crippen molar-refractivity contribution in [1.29, 1.82) is 0 Å². The number of nitrogens with zero attached hydrogens (tertiary/aromatic N) is 3. The highest BCUT2D eigenvalue weighted by atomic mass is 35.5. The molecule has 2 unspecified atom stereocenters. The minimum absolute atomic E-state index is 0.0143. The highest BCUT2D eigenvalue weighted by Crippen LogP contribution is 2.51. The van der Waals surface area contributed by atoms with E-state index < -0.39 is 5.82 Å². The summed E-state index contributed by atoms with van der Waals surface area (Å²) in [5, 5.41) is 7.01. The van der Waals surface area contributed by atoms with Crippen molar-refractivity contribution in [3.05, 3.63) is 59.7 Å². The standard InChI is InChI=1S/C34H39ClFN5O3/c1-41-11-9-34(10-12-41)16-24(17-34)44-31-15-29-26(33(38-20-37-29)39-23-7-8-28(36)27(35)13-23)14-30(31)40-32(42)4-2-3-25-21-5-6-22(25)19-43-18-21/h2,4,7-8,13-15,20-22,24-25H,3,5-6,9-12,16-19H2,1H3,(H,40,42)(H,37,38,39)/b4-2+. The van der Waals surface area contributed by atoms with E-state index in [1.54, 1.807) is 12.1 Å². The maximum absolute atomic E-state index is 13.8.